The van der Waals surface area contributed by atoms with Crippen molar-refractivity contribution in [3.63, 3.8) is 0 Å². The molecule has 0 spiro atoms. The molecule has 3 rings (SSSR count). The predicted molar refractivity (Wildman–Crippen MR) is 99.8 cm³/mol. The van der Waals surface area contributed by atoms with Gasteiger partial charge in [0.05, 0.1) is 29.5 Å². The van der Waals surface area contributed by atoms with Crippen molar-refractivity contribution in [2.45, 2.75) is 0 Å². The fourth-order valence-electron chi connectivity index (χ4n) is 2.23. The number of nitrogens with one attached hydrogen (secondary N) is 3. The molecule has 146 valence electrons. The third kappa shape index (κ3) is 4.88. The molecule has 3 N–H and O–H groups in total. The van der Waals surface area contributed by atoms with Crippen LogP contribution >= 0.6 is 0 Å². The summed E-state index contributed by atoms with van der Waals surface area (Å²) in [6.45, 7) is 0. The van der Waals surface area contributed by atoms with Crippen LogP contribution in [0.4, 0.5) is 42.0 Å². The second kappa shape index (κ2) is 7.72. The molecule has 0 aliphatic carbocycles. The first-order valence-electron chi connectivity index (χ1n) is 7.80. The van der Waals surface area contributed by atoms with Crippen molar-refractivity contribution in [1.82, 2.24) is 9.97 Å². The van der Waals surface area contributed by atoms with E-state index in [0.717, 1.165) is 24.6 Å². The predicted octanol–water partition coefficient (Wildman–Crippen LogP) is 3.75. The van der Waals surface area contributed by atoms with Gasteiger partial charge in [-0.2, -0.15) is 4.98 Å². The molecule has 0 aliphatic rings. The SMILES string of the molecule is CS(=O)(=O)Nc1ccccc1Nc1nc(Nc2ccc(F)cc2F)ncc1F. The Hall–Kier alpha value is -3.34. The molecule has 2 aromatic carbocycles. The normalized spacial score (nSPS) is 11.1. The lowest BCUT2D eigenvalue weighted by Crippen LogP contribution is -2.11. The van der Waals surface area contributed by atoms with Crippen molar-refractivity contribution in [3.05, 3.63) is 66.1 Å². The van der Waals surface area contributed by atoms with E-state index in [1.165, 1.54) is 12.1 Å². The zero-order valence-corrected chi connectivity index (χ0v) is 15.2. The van der Waals surface area contributed by atoms with Gasteiger partial charge in [0.1, 0.15) is 11.6 Å². The van der Waals surface area contributed by atoms with E-state index in [1.807, 2.05) is 0 Å². The summed E-state index contributed by atoms with van der Waals surface area (Å²) in [5.41, 5.74) is 0.324. The van der Waals surface area contributed by atoms with Crippen LogP contribution < -0.4 is 15.4 Å². The maximum atomic E-state index is 14.1. The van der Waals surface area contributed by atoms with Crippen LogP contribution in [-0.4, -0.2) is 24.6 Å². The van der Waals surface area contributed by atoms with Gasteiger partial charge in [0.25, 0.3) is 0 Å². The second-order valence-electron chi connectivity index (χ2n) is 5.68. The first-order valence-corrected chi connectivity index (χ1v) is 9.69. The fourth-order valence-corrected chi connectivity index (χ4v) is 2.81. The fraction of sp³-hybridized carbons (Fsp3) is 0.0588. The highest BCUT2D eigenvalue weighted by molar-refractivity contribution is 7.92. The molecule has 0 saturated heterocycles. The van der Waals surface area contributed by atoms with Crippen LogP contribution in [0, 0.1) is 17.5 Å². The molecule has 0 aliphatic heterocycles. The highest BCUT2D eigenvalue weighted by Crippen LogP contribution is 2.27. The summed E-state index contributed by atoms with van der Waals surface area (Å²) in [6.07, 6.45) is 1.83. The topological polar surface area (TPSA) is 96.0 Å². The molecular weight excluding hydrogens is 395 g/mol. The molecule has 3 aromatic rings. The van der Waals surface area contributed by atoms with Crippen molar-refractivity contribution in [2.24, 2.45) is 0 Å². The number of halogens is 3. The van der Waals surface area contributed by atoms with Gasteiger partial charge < -0.3 is 10.6 Å². The van der Waals surface area contributed by atoms with Crippen LogP contribution in [-0.2, 0) is 10.0 Å². The molecule has 0 fully saturated rings. The number of aromatic nitrogens is 2. The number of anilines is 5. The van der Waals surface area contributed by atoms with Gasteiger partial charge in [-0.3, -0.25) is 4.72 Å². The number of hydrogen-bond acceptors (Lipinski definition) is 6. The van der Waals surface area contributed by atoms with E-state index in [-0.39, 0.29) is 28.8 Å². The summed E-state index contributed by atoms with van der Waals surface area (Å²) in [5.74, 6) is -2.87. The van der Waals surface area contributed by atoms with E-state index in [0.29, 0.717) is 6.07 Å². The minimum absolute atomic E-state index is 0.0990. The number of rotatable bonds is 6. The van der Waals surface area contributed by atoms with Gasteiger partial charge in [-0.05, 0) is 24.3 Å². The third-order valence-corrected chi connectivity index (χ3v) is 3.99. The summed E-state index contributed by atoms with van der Waals surface area (Å²) < 4.78 is 66.1. The van der Waals surface area contributed by atoms with Gasteiger partial charge in [0, 0.05) is 6.07 Å². The van der Waals surface area contributed by atoms with Crippen LogP contribution in [0.1, 0.15) is 0 Å². The Kier molecular flexibility index (Phi) is 5.36. The molecule has 0 bridgehead atoms. The average molecular weight is 409 g/mol. The molecule has 0 atom stereocenters. The maximum Gasteiger partial charge on any atom is 0.229 e. The van der Waals surface area contributed by atoms with Crippen molar-refractivity contribution < 1.29 is 21.6 Å². The monoisotopic (exact) mass is 409 g/mol. The first-order chi connectivity index (χ1) is 13.2. The summed E-state index contributed by atoms with van der Waals surface area (Å²) in [6, 6.07) is 9.08. The van der Waals surface area contributed by atoms with Crippen LogP contribution in [0.25, 0.3) is 0 Å². The van der Waals surface area contributed by atoms with E-state index < -0.39 is 27.5 Å². The molecule has 11 heteroatoms. The van der Waals surface area contributed by atoms with E-state index >= 15 is 0 Å². The Morgan fingerprint density at radius 1 is 0.893 bits per heavy atom. The lowest BCUT2D eigenvalue weighted by molar-refractivity contribution is 0.585. The Balaban J connectivity index is 1.89. The zero-order chi connectivity index (χ0) is 20.3. The van der Waals surface area contributed by atoms with E-state index in [9.17, 15) is 21.6 Å². The van der Waals surface area contributed by atoms with Gasteiger partial charge in [-0.25, -0.2) is 26.6 Å². The van der Waals surface area contributed by atoms with Crippen molar-refractivity contribution in [1.29, 1.82) is 0 Å². The third-order valence-electron chi connectivity index (χ3n) is 3.40. The molecule has 1 aromatic heterocycles. The van der Waals surface area contributed by atoms with Crippen molar-refractivity contribution >= 4 is 38.9 Å². The second-order valence-corrected chi connectivity index (χ2v) is 7.43. The highest BCUT2D eigenvalue weighted by atomic mass is 32.2. The minimum Gasteiger partial charge on any atom is -0.336 e. The first kappa shape index (κ1) is 19.4. The summed E-state index contributed by atoms with van der Waals surface area (Å²) >= 11 is 0. The van der Waals surface area contributed by atoms with Crippen LogP contribution in [0.3, 0.4) is 0 Å². The van der Waals surface area contributed by atoms with Crippen molar-refractivity contribution in [2.75, 3.05) is 21.6 Å². The molecule has 28 heavy (non-hydrogen) atoms. The Bertz CT molecular complexity index is 1130. The smallest absolute Gasteiger partial charge is 0.229 e. The lowest BCUT2D eigenvalue weighted by Gasteiger charge is -2.13. The molecule has 1 heterocycles. The molecule has 7 nitrogen and oxygen atoms in total. The molecule has 0 unspecified atom stereocenters. The number of nitrogens with zero attached hydrogens (tertiary/aromatic N) is 2. The number of para-hydroxylation sites is 2. The van der Waals surface area contributed by atoms with Crippen LogP contribution in [0.15, 0.2) is 48.7 Å². The average Bonchev–Trinajstić information content (AvgIpc) is 2.60. The molecule has 0 amide bonds. The summed E-state index contributed by atoms with van der Waals surface area (Å²) in [5, 5.41) is 5.19. The van der Waals surface area contributed by atoms with Crippen LogP contribution in [0.2, 0.25) is 0 Å². The number of sulfonamides is 1. The maximum absolute atomic E-state index is 14.1. The van der Waals surface area contributed by atoms with E-state index in [1.54, 1.807) is 12.1 Å². The quantitative estimate of drug-likeness (QED) is 0.574. The highest BCUT2D eigenvalue weighted by Gasteiger charge is 2.13. The minimum atomic E-state index is -3.56. The Morgan fingerprint density at radius 2 is 1.61 bits per heavy atom. The van der Waals surface area contributed by atoms with Gasteiger partial charge in [-0.1, -0.05) is 12.1 Å². The van der Waals surface area contributed by atoms with Gasteiger partial charge in [0.2, 0.25) is 16.0 Å². The van der Waals surface area contributed by atoms with Gasteiger partial charge >= 0.3 is 0 Å². The Morgan fingerprint density at radius 3 is 2.29 bits per heavy atom. The Labute approximate surface area is 158 Å². The van der Waals surface area contributed by atoms with Crippen molar-refractivity contribution in [3.8, 4) is 0 Å². The van der Waals surface area contributed by atoms with Crippen LogP contribution in [0.5, 0.6) is 0 Å². The summed E-state index contributed by atoms with van der Waals surface area (Å²) in [7, 11) is -3.56. The lowest BCUT2D eigenvalue weighted by atomic mass is 10.2. The molecule has 0 saturated carbocycles. The standard InChI is InChI=1S/C17H14F3N5O2S/c1-28(26,27)25-15-5-3-2-4-14(15)22-16-12(20)9-21-17(24-16)23-13-7-6-10(18)8-11(13)19/h2-9,25H,1H3,(H2,21,22,23,24). The van der Waals surface area contributed by atoms with E-state index in [2.05, 4.69) is 25.3 Å². The molecule has 0 radical (unpaired) electrons. The largest absolute Gasteiger partial charge is 0.336 e. The van der Waals surface area contributed by atoms with Gasteiger partial charge in [0.15, 0.2) is 11.6 Å². The van der Waals surface area contributed by atoms with Gasteiger partial charge in [-0.15, -0.1) is 0 Å². The van der Waals surface area contributed by atoms with E-state index in [4.69, 9.17) is 0 Å². The zero-order valence-electron chi connectivity index (χ0n) is 14.4. The summed E-state index contributed by atoms with van der Waals surface area (Å²) in [4.78, 5) is 7.63. The number of benzene rings is 2. The molecular formula is C17H14F3N5O2S. The number of hydrogen-bond donors (Lipinski definition) is 3.